The lowest BCUT2D eigenvalue weighted by Gasteiger charge is -2.10. The molecule has 0 bridgehead atoms. The minimum absolute atomic E-state index is 0.649. The predicted molar refractivity (Wildman–Crippen MR) is 76.8 cm³/mol. The van der Waals surface area contributed by atoms with Gasteiger partial charge in [0.2, 0.25) is 0 Å². The van der Waals surface area contributed by atoms with Crippen LogP contribution < -0.4 is 5.32 Å². The minimum Gasteiger partial charge on any atom is -0.380 e. The average molecular weight is 268 g/mol. The highest BCUT2D eigenvalue weighted by molar-refractivity contribution is 4.83. The van der Waals surface area contributed by atoms with Gasteiger partial charge in [0, 0.05) is 6.61 Å². The lowest BCUT2D eigenvalue weighted by atomic mass is 10.1. The first-order chi connectivity index (χ1) is 9.09. The van der Waals surface area contributed by atoms with E-state index in [1.165, 1.54) is 0 Å². The molecule has 0 amide bonds. The first kappa shape index (κ1) is 16.1. The van der Waals surface area contributed by atoms with E-state index in [1.807, 2.05) is 4.68 Å². The topological polar surface area (TPSA) is 52.0 Å². The molecule has 0 saturated carbocycles. The van der Waals surface area contributed by atoms with Crippen LogP contribution >= 0.6 is 0 Å². The maximum absolute atomic E-state index is 5.61. The number of nitrogens with one attached hydrogen (secondary N) is 1. The van der Waals surface area contributed by atoms with E-state index in [-0.39, 0.29) is 0 Å². The molecule has 19 heavy (non-hydrogen) atoms. The van der Waals surface area contributed by atoms with Gasteiger partial charge < -0.3 is 10.1 Å². The summed E-state index contributed by atoms with van der Waals surface area (Å²) in [6.45, 7) is 12.9. The summed E-state index contributed by atoms with van der Waals surface area (Å²) in [4.78, 5) is 4.27. The van der Waals surface area contributed by atoms with Crippen LogP contribution in [0.3, 0.4) is 0 Å². The smallest absolute Gasteiger partial charge is 0.140 e. The van der Waals surface area contributed by atoms with Crippen LogP contribution in [0, 0.1) is 11.8 Å². The van der Waals surface area contributed by atoms with Crippen molar-refractivity contribution in [2.75, 3.05) is 19.8 Å². The quantitative estimate of drug-likeness (QED) is 0.660. The van der Waals surface area contributed by atoms with Crippen molar-refractivity contribution in [2.24, 2.45) is 11.8 Å². The third kappa shape index (κ3) is 7.28. The van der Waals surface area contributed by atoms with Gasteiger partial charge in [0.1, 0.15) is 12.2 Å². The number of aromatic nitrogens is 3. The van der Waals surface area contributed by atoms with Crippen molar-refractivity contribution in [3.63, 3.8) is 0 Å². The third-order valence-corrected chi connectivity index (χ3v) is 2.82. The molecule has 1 aromatic rings. The molecule has 0 aromatic carbocycles. The summed E-state index contributed by atoms with van der Waals surface area (Å²) in [6.07, 6.45) is 2.72. The Morgan fingerprint density at radius 3 is 2.68 bits per heavy atom. The van der Waals surface area contributed by atoms with Crippen LogP contribution in [-0.4, -0.2) is 34.5 Å². The fourth-order valence-corrected chi connectivity index (χ4v) is 1.66. The van der Waals surface area contributed by atoms with Gasteiger partial charge in [0.05, 0.1) is 19.7 Å². The predicted octanol–water partition coefficient (Wildman–Crippen LogP) is 2.09. The molecule has 5 heteroatoms. The molecule has 5 nitrogen and oxygen atoms in total. The Balaban J connectivity index is 2.21. The summed E-state index contributed by atoms with van der Waals surface area (Å²) >= 11 is 0. The number of hydrogen-bond acceptors (Lipinski definition) is 4. The standard InChI is InChI=1S/C14H28N4O/c1-12(2)5-7-19-8-6-18-14(16-11-17-18)10-15-9-13(3)4/h11-13,15H,5-10H2,1-4H3. The Hall–Kier alpha value is -0.940. The summed E-state index contributed by atoms with van der Waals surface area (Å²) in [5, 5.41) is 7.61. The zero-order chi connectivity index (χ0) is 14.1. The van der Waals surface area contributed by atoms with E-state index in [0.717, 1.165) is 38.5 Å². The van der Waals surface area contributed by atoms with Gasteiger partial charge in [-0.1, -0.05) is 27.7 Å². The molecule has 1 aromatic heterocycles. The van der Waals surface area contributed by atoms with Gasteiger partial charge in [-0.05, 0) is 24.8 Å². The van der Waals surface area contributed by atoms with Crippen molar-refractivity contribution >= 4 is 0 Å². The molecular weight excluding hydrogens is 240 g/mol. The summed E-state index contributed by atoms with van der Waals surface area (Å²) in [5.74, 6) is 2.33. The van der Waals surface area contributed by atoms with E-state index in [0.29, 0.717) is 18.4 Å². The van der Waals surface area contributed by atoms with Crippen molar-refractivity contribution in [3.8, 4) is 0 Å². The first-order valence-electron chi connectivity index (χ1n) is 7.24. The van der Waals surface area contributed by atoms with Crippen LogP contribution in [0.15, 0.2) is 6.33 Å². The molecule has 1 rings (SSSR count). The van der Waals surface area contributed by atoms with Crippen LogP contribution in [0.4, 0.5) is 0 Å². The Morgan fingerprint density at radius 2 is 2.00 bits per heavy atom. The number of rotatable bonds is 10. The second-order valence-electron chi connectivity index (χ2n) is 5.72. The van der Waals surface area contributed by atoms with Crippen molar-refractivity contribution < 1.29 is 4.74 Å². The van der Waals surface area contributed by atoms with E-state index < -0.39 is 0 Å². The second kappa shape index (κ2) is 9.04. The van der Waals surface area contributed by atoms with Crippen LogP contribution in [0.5, 0.6) is 0 Å². The molecule has 0 saturated heterocycles. The normalized spacial score (nSPS) is 11.7. The van der Waals surface area contributed by atoms with Crippen molar-refractivity contribution in [1.29, 1.82) is 0 Å². The zero-order valence-electron chi connectivity index (χ0n) is 12.7. The minimum atomic E-state index is 0.649. The highest BCUT2D eigenvalue weighted by Gasteiger charge is 2.04. The van der Waals surface area contributed by atoms with E-state index in [4.69, 9.17) is 4.74 Å². The number of nitrogens with zero attached hydrogens (tertiary/aromatic N) is 3. The highest BCUT2D eigenvalue weighted by Crippen LogP contribution is 2.00. The molecule has 0 aliphatic carbocycles. The molecule has 1 heterocycles. The summed E-state index contributed by atoms with van der Waals surface area (Å²) < 4.78 is 7.53. The second-order valence-corrected chi connectivity index (χ2v) is 5.72. The van der Waals surface area contributed by atoms with Crippen LogP contribution in [0.2, 0.25) is 0 Å². The summed E-state index contributed by atoms with van der Waals surface area (Å²) in [7, 11) is 0. The van der Waals surface area contributed by atoms with Crippen molar-refractivity contribution in [3.05, 3.63) is 12.2 Å². The molecule has 0 aliphatic rings. The molecule has 0 atom stereocenters. The first-order valence-corrected chi connectivity index (χ1v) is 7.24. The largest absolute Gasteiger partial charge is 0.380 e. The monoisotopic (exact) mass is 268 g/mol. The molecule has 0 unspecified atom stereocenters. The summed E-state index contributed by atoms with van der Waals surface area (Å²) in [6, 6.07) is 0. The van der Waals surface area contributed by atoms with Crippen LogP contribution in [0.1, 0.15) is 39.9 Å². The molecule has 110 valence electrons. The Labute approximate surface area is 116 Å². The van der Waals surface area contributed by atoms with E-state index in [2.05, 4.69) is 43.1 Å². The van der Waals surface area contributed by atoms with Gasteiger partial charge in [-0.25, -0.2) is 9.67 Å². The fraction of sp³-hybridized carbons (Fsp3) is 0.857. The maximum Gasteiger partial charge on any atom is 0.140 e. The SMILES string of the molecule is CC(C)CCOCCn1ncnc1CNCC(C)C. The van der Waals surface area contributed by atoms with E-state index >= 15 is 0 Å². The van der Waals surface area contributed by atoms with Gasteiger partial charge >= 0.3 is 0 Å². The Bertz CT molecular complexity index is 336. The van der Waals surface area contributed by atoms with Crippen molar-refractivity contribution in [1.82, 2.24) is 20.1 Å². The number of ether oxygens (including phenoxy) is 1. The Kier molecular flexibility index (Phi) is 7.67. The molecule has 1 N–H and O–H groups in total. The molecule has 0 aliphatic heterocycles. The molecular formula is C14H28N4O. The Morgan fingerprint density at radius 1 is 1.21 bits per heavy atom. The van der Waals surface area contributed by atoms with Gasteiger partial charge in [-0.3, -0.25) is 0 Å². The highest BCUT2D eigenvalue weighted by atomic mass is 16.5. The van der Waals surface area contributed by atoms with Gasteiger partial charge in [-0.15, -0.1) is 0 Å². The lowest BCUT2D eigenvalue weighted by Crippen LogP contribution is -2.22. The van der Waals surface area contributed by atoms with Gasteiger partial charge in [0.15, 0.2) is 0 Å². The molecule has 0 radical (unpaired) electrons. The van der Waals surface area contributed by atoms with E-state index in [1.54, 1.807) is 6.33 Å². The third-order valence-electron chi connectivity index (χ3n) is 2.82. The van der Waals surface area contributed by atoms with Gasteiger partial charge in [0.25, 0.3) is 0 Å². The summed E-state index contributed by atoms with van der Waals surface area (Å²) in [5.41, 5.74) is 0. The van der Waals surface area contributed by atoms with Gasteiger partial charge in [-0.2, -0.15) is 5.10 Å². The van der Waals surface area contributed by atoms with Crippen molar-refractivity contribution in [2.45, 2.75) is 47.2 Å². The number of hydrogen-bond donors (Lipinski definition) is 1. The molecule has 0 spiro atoms. The maximum atomic E-state index is 5.61. The van der Waals surface area contributed by atoms with Crippen LogP contribution in [-0.2, 0) is 17.8 Å². The van der Waals surface area contributed by atoms with Crippen LogP contribution in [0.25, 0.3) is 0 Å². The lowest BCUT2D eigenvalue weighted by molar-refractivity contribution is 0.113. The van der Waals surface area contributed by atoms with E-state index in [9.17, 15) is 0 Å². The molecule has 0 fully saturated rings. The zero-order valence-corrected chi connectivity index (χ0v) is 12.7. The fourth-order valence-electron chi connectivity index (χ4n) is 1.66. The average Bonchev–Trinajstić information content (AvgIpc) is 2.75.